The van der Waals surface area contributed by atoms with Crippen molar-refractivity contribution in [1.29, 1.82) is 0 Å². The highest BCUT2D eigenvalue weighted by Crippen LogP contribution is 2.76. The van der Waals surface area contributed by atoms with Gasteiger partial charge in [-0.3, -0.25) is 0 Å². The highest BCUT2D eigenvalue weighted by Gasteiger charge is 2.69. The number of hydrogen-bond donors (Lipinski definition) is 1. The van der Waals surface area contributed by atoms with Crippen LogP contribution in [-0.2, 0) is 0 Å². The Morgan fingerprint density at radius 1 is 0.839 bits per heavy atom. The standard InChI is InChI=1S/C30H48O/c1-19(2)20-11-14-27(5)17-18-29(7)21(25(20)27)9-10-23-28(6)15-13-24(31)26(3,4)22(28)12-16-30(23,29)8/h13,15,20-25,31H,1,9-12,14,16-18H2,2-8H3/t20-,21+,22-,23+,24-,25+,27+,28-,29+,30+/m0/s1. The van der Waals surface area contributed by atoms with Crippen LogP contribution >= 0.6 is 0 Å². The van der Waals surface area contributed by atoms with Gasteiger partial charge in [0.05, 0.1) is 6.10 Å². The average Bonchev–Trinajstić information content (AvgIpc) is 3.04. The van der Waals surface area contributed by atoms with Gasteiger partial charge in [-0.25, -0.2) is 0 Å². The Morgan fingerprint density at radius 3 is 2.23 bits per heavy atom. The summed E-state index contributed by atoms with van der Waals surface area (Å²) >= 11 is 0. The minimum Gasteiger partial charge on any atom is -0.388 e. The molecule has 1 nitrogen and oxygen atoms in total. The van der Waals surface area contributed by atoms with Crippen molar-refractivity contribution in [3.63, 3.8) is 0 Å². The minimum atomic E-state index is -0.299. The SMILES string of the molecule is C=C(C)[C@@H]1CC[C@]2(C)CC[C@]3(C)[C@H](CC[C@@H]4[C@@]5(C)C=C[C@H](O)C(C)(C)[C@@H]5CC[C@]43C)[C@@H]12. The second-order valence-electron chi connectivity index (χ2n) is 14.3. The van der Waals surface area contributed by atoms with Gasteiger partial charge in [-0.1, -0.05) is 65.8 Å². The lowest BCUT2D eigenvalue weighted by Crippen LogP contribution is -2.65. The Morgan fingerprint density at radius 2 is 1.55 bits per heavy atom. The van der Waals surface area contributed by atoms with Gasteiger partial charge in [0.15, 0.2) is 0 Å². The molecule has 0 spiro atoms. The molecule has 0 radical (unpaired) electrons. The van der Waals surface area contributed by atoms with Crippen LogP contribution in [0, 0.1) is 56.7 Å². The third-order valence-corrected chi connectivity index (χ3v) is 13.0. The number of aliphatic hydroxyl groups excluding tert-OH is 1. The smallest absolute Gasteiger partial charge is 0.0774 e. The van der Waals surface area contributed by atoms with E-state index >= 15 is 0 Å². The molecule has 0 heterocycles. The van der Waals surface area contributed by atoms with Crippen LogP contribution in [-0.4, -0.2) is 11.2 Å². The van der Waals surface area contributed by atoms with E-state index in [9.17, 15) is 5.11 Å². The van der Waals surface area contributed by atoms with Crippen molar-refractivity contribution in [2.75, 3.05) is 0 Å². The first-order valence-electron chi connectivity index (χ1n) is 13.3. The quantitative estimate of drug-likeness (QED) is 0.426. The van der Waals surface area contributed by atoms with Gasteiger partial charge >= 0.3 is 0 Å². The Hall–Kier alpha value is -0.560. The summed E-state index contributed by atoms with van der Waals surface area (Å²) in [4.78, 5) is 0. The molecule has 4 fully saturated rings. The zero-order valence-corrected chi connectivity index (χ0v) is 21.4. The molecule has 0 aromatic rings. The van der Waals surface area contributed by atoms with Crippen molar-refractivity contribution < 1.29 is 5.11 Å². The van der Waals surface area contributed by atoms with E-state index in [4.69, 9.17) is 0 Å². The molecule has 0 amide bonds. The number of hydrogen-bond acceptors (Lipinski definition) is 1. The molecule has 10 atom stereocenters. The number of allylic oxidation sites excluding steroid dienone is 2. The summed E-state index contributed by atoms with van der Waals surface area (Å²) in [6, 6.07) is 0. The average molecular weight is 425 g/mol. The first-order valence-corrected chi connectivity index (χ1v) is 13.3. The van der Waals surface area contributed by atoms with Crippen LogP contribution in [0.25, 0.3) is 0 Å². The molecule has 0 bridgehead atoms. The highest BCUT2D eigenvalue weighted by atomic mass is 16.3. The van der Waals surface area contributed by atoms with Crippen molar-refractivity contribution in [3.05, 3.63) is 24.3 Å². The largest absolute Gasteiger partial charge is 0.388 e. The third-order valence-electron chi connectivity index (χ3n) is 13.0. The van der Waals surface area contributed by atoms with Gasteiger partial charge in [0.2, 0.25) is 0 Å². The molecule has 0 aromatic carbocycles. The fourth-order valence-corrected chi connectivity index (χ4v) is 10.9. The van der Waals surface area contributed by atoms with Gasteiger partial charge in [0.1, 0.15) is 0 Å². The van der Waals surface area contributed by atoms with Gasteiger partial charge in [-0.2, -0.15) is 0 Å². The molecule has 5 rings (SSSR count). The third kappa shape index (κ3) is 2.59. The Kier molecular flexibility index (Phi) is 4.68. The molecule has 1 N–H and O–H groups in total. The summed E-state index contributed by atoms with van der Waals surface area (Å²) < 4.78 is 0. The molecule has 4 saturated carbocycles. The summed E-state index contributed by atoms with van der Waals surface area (Å²) in [6.07, 6.45) is 15.3. The van der Waals surface area contributed by atoms with Crippen molar-refractivity contribution in [3.8, 4) is 0 Å². The van der Waals surface area contributed by atoms with Crippen LogP contribution in [0.4, 0.5) is 0 Å². The fourth-order valence-electron chi connectivity index (χ4n) is 10.9. The van der Waals surface area contributed by atoms with E-state index in [0.717, 1.165) is 23.7 Å². The van der Waals surface area contributed by atoms with Gasteiger partial charge in [0.25, 0.3) is 0 Å². The second kappa shape index (κ2) is 6.52. The van der Waals surface area contributed by atoms with E-state index in [0.29, 0.717) is 22.2 Å². The summed E-state index contributed by atoms with van der Waals surface area (Å²) in [5, 5.41) is 10.8. The Labute approximate surface area is 192 Å². The van der Waals surface area contributed by atoms with E-state index in [1.165, 1.54) is 56.9 Å². The van der Waals surface area contributed by atoms with Crippen molar-refractivity contribution in [1.82, 2.24) is 0 Å². The molecule has 5 aliphatic rings. The van der Waals surface area contributed by atoms with E-state index in [2.05, 4.69) is 67.2 Å². The highest BCUT2D eigenvalue weighted by molar-refractivity contribution is 5.25. The first-order chi connectivity index (χ1) is 14.3. The molecule has 0 aromatic heterocycles. The zero-order chi connectivity index (χ0) is 22.6. The number of fused-ring (bicyclic) bond motifs is 7. The molecule has 31 heavy (non-hydrogen) atoms. The van der Waals surface area contributed by atoms with Gasteiger partial charge in [-0.05, 0) is 115 Å². The van der Waals surface area contributed by atoms with E-state index < -0.39 is 0 Å². The van der Waals surface area contributed by atoms with Crippen molar-refractivity contribution >= 4 is 0 Å². The van der Waals surface area contributed by atoms with Gasteiger partial charge in [-0.15, -0.1) is 0 Å². The van der Waals surface area contributed by atoms with Crippen LogP contribution < -0.4 is 0 Å². The molecule has 174 valence electrons. The monoisotopic (exact) mass is 424 g/mol. The van der Waals surface area contributed by atoms with Crippen molar-refractivity contribution in [2.45, 2.75) is 106 Å². The summed E-state index contributed by atoms with van der Waals surface area (Å²) in [7, 11) is 0. The number of aliphatic hydroxyl groups is 1. The number of rotatable bonds is 1. The Bertz CT molecular complexity index is 807. The molecule has 0 saturated heterocycles. The molecule has 5 aliphatic carbocycles. The lowest BCUT2D eigenvalue weighted by molar-refractivity contribution is -0.222. The van der Waals surface area contributed by atoms with E-state index in [-0.39, 0.29) is 16.9 Å². The summed E-state index contributed by atoms with van der Waals surface area (Å²) in [5.74, 6) is 3.75. The molecule has 0 unspecified atom stereocenters. The van der Waals surface area contributed by atoms with Crippen LogP contribution in [0.1, 0.15) is 99.8 Å². The minimum absolute atomic E-state index is 0.0236. The van der Waals surface area contributed by atoms with Crippen LogP contribution in [0.3, 0.4) is 0 Å². The maximum Gasteiger partial charge on any atom is 0.0774 e. The topological polar surface area (TPSA) is 20.2 Å². The lowest BCUT2D eigenvalue weighted by Gasteiger charge is -2.72. The van der Waals surface area contributed by atoms with E-state index in [1.807, 2.05) is 0 Å². The van der Waals surface area contributed by atoms with Gasteiger partial charge in [0, 0.05) is 0 Å². The van der Waals surface area contributed by atoms with Gasteiger partial charge < -0.3 is 5.11 Å². The summed E-state index contributed by atoms with van der Waals surface area (Å²) in [5.41, 5.74) is 3.01. The normalized spacial score (nSPS) is 57.4. The van der Waals surface area contributed by atoms with Crippen LogP contribution in [0.5, 0.6) is 0 Å². The maximum absolute atomic E-state index is 10.8. The van der Waals surface area contributed by atoms with E-state index in [1.54, 1.807) is 0 Å². The fraction of sp³-hybridized carbons (Fsp3) is 0.867. The predicted molar refractivity (Wildman–Crippen MR) is 131 cm³/mol. The molecule has 1 heteroatoms. The second-order valence-corrected chi connectivity index (χ2v) is 14.3. The molecular formula is C30H48O. The first kappa shape index (κ1) is 22.2. The van der Waals surface area contributed by atoms with Crippen LogP contribution in [0.15, 0.2) is 24.3 Å². The lowest BCUT2D eigenvalue weighted by atomic mass is 9.33. The predicted octanol–water partition coefficient (Wildman–Crippen LogP) is 7.80. The van der Waals surface area contributed by atoms with Crippen LogP contribution in [0.2, 0.25) is 0 Å². The Balaban J connectivity index is 1.57. The zero-order valence-electron chi connectivity index (χ0n) is 21.4. The molecule has 0 aliphatic heterocycles. The molecular weight excluding hydrogens is 376 g/mol. The summed E-state index contributed by atoms with van der Waals surface area (Å²) in [6.45, 7) is 22.0. The maximum atomic E-state index is 10.8. The van der Waals surface area contributed by atoms with Crippen molar-refractivity contribution in [2.24, 2.45) is 56.7 Å².